The molecule has 4 N–H and O–H groups in total. The molecule has 0 atom stereocenters. The number of sulfonamides is 1. The van der Waals surface area contributed by atoms with Crippen LogP contribution in [-0.4, -0.2) is 40.7 Å². The molecular formula is C17H29IN4O3S. The van der Waals surface area contributed by atoms with E-state index in [0.717, 1.165) is 44.2 Å². The molecule has 0 amide bonds. The van der Waals surface area contributed by atoms with Crippen molar-refractivity contribution in [3.63, 3.8) is 0 Å². The number of hydrogen-bond acceptors (Lipinski definition) is 4. The van der Waals surface area contributed by atoms with Crippen molar-refractivity contribution in [3.8, 4) is 0 Å². The van der Waals surface area contributed by atoms with Crippen LogP contribution in [0.1, 0.15) is 31.7 Å². The number of aliphatic imine (C=N–C) groups is 1. The summed E-state index contributed by atoms with van der Waals surface area (Å²) in [6.45, 7) is 5.53. The summed E-state index contributed by atoms with van der Waals surface area (Å²) in [4.78, 5) is 4.58. The molecule has 1 aromatic rings. The first-order chi connectivity index (χ1) is 12.0. The monoisotopic (exact) mass is 496 g/mol. The van der Waals surface area contributed by atoms with E-state index in [1.807, 2.05) is 13.0 Å². The summed E-state index contributed by atoms with van der Waals surface area (Å²) in [7, 11) is -3.69. The van der Waals surface area contributed by atoms with Crippen LogP contribution in [0, 0.1) is 5.92 Å². The quantitative estimate of drug-likeness (QED) is 0.198. The number of nitrogens with two attached hydrogens (primary N) is 1. The van der Waals surface area contributed by atoms with Gasteiger partial charge in [-0.15, -0.1) is 24.0 Å². The van der Waals surface area contributed by atoms with Gasteiger partial charge in [-0.2, -0.15) is 0 Å². The zero-order chi connectivity index (χ0) is 18.1. The van der Waals surface area contributed by atoms with Crippen LogP contribution in [0.2, 0.25) is 0 Å². The topological polar surface area (TPSA) is 106 Å². The summed E-state index contributed by atoms with van der Waals surface area (Å²) >= 11 is 0. The molecule has 9 heteroatoms. The van der Waals surface area contributed by atoms with Crippen LogP contribution >= 0.6 is 24.0 Å². The van der Waals surface area contributed by atoms with Crippen molar-refractivity contribution < 1.29 is 13.2 Å². The van der Waals surface area contributed by atoms with E-state index in [4.69, 9.17) is 9.88 Å². The fourth-order valence-electron chi connectivity index (χ4n) is 2.25. The van der Waals surface area contributed by atoms with Crippen molar-refractivity contribution in [1.29, 1.82) is 0 Å². The maximum atomic E-state index is 11.4. The van der Waals surface area contributed by atoms with Gasteiger partial charge >= 0.3 is 0 Å². The van der Waals surface area contributed by atoms with E-state index in [1.54, 1.807) is 12.1 Å². The number of rotatable bonds is 10. The van der Waals surface area contributed by atoms with Crippen molar-refractivity contribution in [2.45, 2.75) is 37.6 Å². The van der Waals surface area contributed by atoms with E-state index in [9.17, 15) is 8.42 Å². The van der Waals surface area contributed by atoms with E-state index in [-0.39, 0.29) is 28.9 Å². The third-order valence-electron chi connectivity index (χ3n) is 3.80. The SMILES string of the molecule is CCNC(=NCc1cccc(S(N)(=O)=O)c1)NCCCOCC1CC1.I. The normalized spacial score (nSPS) is 14.6. The van der Waals surface area contributed by atoms with Crippen molar-refractivity contribution in [2.75, 3.05) is 26.3 Å². The van der Waals surface area contributed by atoms with E-state index in [1.165, 1.54) is 18.9 Å². The average Bonchev–Trinajstić information content (AvgIpc) is 3.39. The van der Waals surface area contributed by atoms with Gasteiger partial charge in [-0.25, -0.2) is 18.5 Å². The van der Waals surface area contributed by atoms with Crippen LogP contribution in [-0.2, 0) is 21.3 Å². The predicted molar refractivity (Wildman–Crippen MR) is 114 cm³/mol. The van der Waals surface area contributed by atoms with Gasteiger partial charge < -0.3 is 15.4 Å². The Kier molecular flexibility index (Phi) is 10.4. The van der Waals surface area contributed by atoms with Gasteiger partial charge in [-0.1, -0.05) is 12.1 Å². The molecule has 148 valence electrons. The third-order valence-corrected chi connectivity index (χ3v) is 4.71. The lowest BCUT2D eigenvalue weighted by Crippen LogP contribution is -2.38. The van der Waals surface area contributed by atoms with Gasteiger partial charge in [0.1, 0.15) is 0 Å². The van der Waals surface area contributed by atoms with E-state index < -0.39 is 10.0 Å². The Morgan fingerprint density at radius 3 is 2.77 bits per heavy atom. The number of guanidine groups is 1. The number of nitrogens with one attached hydrogen (secondary N) is 2. The highest BCUT2D eigenvalue weighted by Crippen LogP contribution is 2.28. The number of benzene rings is 1. The molecule has 2 rings (SSSR count). The summed E-state index contributed by atoms with van der Waals surface area (Å²) < 4.78 is 28.4. The van der Waals surface area contributed by atoms with Crippen LogP contribution in [0.25, 0.3) is 0 Å². The summed E-state index contributed by atoms with van der Waals surface area (Å²) in [5, 5.41) is 11.6. The molecule has 1 aromatic carbocycles. The Labute approximate surface area is 173 Å². The Morgan fingerprint density at radius 1 is 1.35 bits per heavy atom. The molecule has 0 heterocycles. The first-order valence-electron chi connectivity index (χ1n) is 8.70. The minimum absolute atomic E-state index is 0. The second kappa shape index (κ2) is 11.7. The van der Waals surface area contributed by atoms with Gasteiger partial charge in [0, 0.05) is 26.3 Å². The lowest BCUT2D eigenvalue weighted by Gasteiger charge is -2.11. The summed E-state index contributed by atoms with van der Waals surface area (Å²) in [5.41, 5.74) is 0.788. The van der Waals surface area contributed by atoms with Crippen molar-refractivity contribution >= 4 is 40.0 Å². The smallest absolute Gasteiger partial charge is 0.238 e. The zero-order valence-corrected chi connectivity index (χ0v) is 18.3. The van der Waals surface area contributed by atoms with Gasteiger partial charge in [0.25, 0.3) is 0 Å². The molecule has 1 saturated carbocycles. The zero-order valence-electron chi connectivity index (χ0n) is 15.1. The maximum Gasteiger partial charge on any atom is 0.238 e. The van der Waals surface area contributed by atoms with E-state index in [0.29, 0.717) is 12.5 Å². The average molecular weight is 496 g/mol. The molecule has 0 aliphatic heterocycles. The van der Waals surface area contributed by atoms with E-state index in [2.05, 4.69) is 15.6 Å². The van der Waals surface area contributed by atoms with Crippen molar-refractivity contribution in [2.24, 2.45) is 16.0 Å². The Balaban J connectivity index is 0.00000338. The Bertz CT molecular complexity index is 678. The number of ether oxygens (including phenoxy) is 1. The predicted octanol–water partition coefficient (Wildman–Crippen LogP) is 1.82. The van der Waals surface area contributed by atoms with Crippen LogP contribution in [0.5, 0.6) is 0 Å². The van der Waals surface area contributed by atoms with E-state index >= 15 is 0 Å². The number of hydrogen-bond donors (Lipinski definition) is 3. The molecule has 1 aliphatic carbocycles. The third kappa shape index (κ3) is 9.15. The Hall–Kier alpha value is -0.910. The molecule has 1 aliphatic rings. The highest BCUT2D eigenvalue weighted by atomic mass is 127. The summed E-state index contributed by atoms with van der Waals surface area (Å²) in [5.74, 6) is 1.49. The molecule has 0 radical (unpaired) electrons. The standard InChI is InChI=1S/C17H28N4O3S.HI/c1-2-19-17(20-9-4-10-24-13-14-7-8-14)21-12-15-5-3-6-16(11-15)25(18,22)23;/h3,5-6,11,14H,2,4,7-10,12-13H2,1H3,(H2,18,22,23)(H2,19,20,21);1H. The largest absolute Gasteiger partial charge is 0.381 e. The molecule has 1 fully saturated rings. The second-order valence-electron chi connectivity index (χ2n) is 6.19. The fourth-order valence-corrected chi connectivity index (χ4v) is 2.83. The minimum atomic E-state index is -3.69. The number of nitrogens with zero attached hydrogens (tertiary/aromatic N) is 1. The molecule has 0 bridgehead atoms. The lowest BCUT2D eigenvalue weighted by atomic mass is 10.2. The molecule has 0 aromatic heterocycles. The maximum absolute atomic E-state index is 11.4. The van der Waals surface area contributed by atoms with Crippen molar-refractivity contribution in [1.82, 2.24) is 10.6 Å². The van der Waals surface area contributed by atoms with Crippen LogP contribution in [0.3, 0.4) is 0 Å². The van der Waals surface area contributed by atoms with Crippen LogP contribution in [0.15, 0.2) is 34.2 Å². The number of halogens is 1. The van der Waals surface area contributed by atoms with Gasteiger partial charge in [0.05, 0.1) is 11.4 Å². The lowest BCUT2D eigenvalue weighted by molar-refractivity contribution is 0.123. The van der Waals surface area contributed by atoms with Crippen LogP contribution < -0.4 is 15.8 Å². The number of primary sulfonamides is 1. The fraction of sp³-hybridized carbons (Fsp3) is 0.588. The van der Waals surface area contributed by atoms with Crippen LogP contribution in [0.4, 0.5) is 0 Å². The van der Waals surface area contributed by atoms with Gasteiger partial charge in [-0.3, -0.25) is 0 Å². The summed E-state index contributed by atoms with van der Waals surface area (Å²) in [6.07, 6.45) is 3.53. The van der Waals surface area contributed by atoms with Gasteiger partial charge in [0.15, 0.2) is 5.96 Å². The molecule has 26 heavy (non-hydrogen) atoms. The Morgan fingerprint density at radius 2 is 2.12 bits per heavy atom. The highest BCUT2D eigenvalue weighted by molar-refractivity contribution is 14.0. The first-order valence-corrected chi connectivity index (χ1v) is 10.3. The first kappa shape index (κ1) is 23.1. The minimum Gasteiger partial charge on any atom is -0.381 e. The molecule has 0 spiro atoms. The molecule has 0 saturated heterocycles. The van der Waals surface area contributed by atoms with Gasteiger partial charge in [-0.05, 0) is 49.8 Å². The highest BCUT2D eigenvalue weighted by Gasteiger charge is 2.20. The molecule has 0 unspecified atom stereocenters. The van der Waals surface area contributed by atoms with Crippen molar-refractivity contribution in [3.05, 3.63) is 29.8 Å². The second-order valence-corrected chi connectivity index (χ2v) is 7.75. The summed E-state index contributed by atoms with van der Waals surface area (Å²) in [6, 6.07) is 6.53. The molecular weight excluding hydrogens is 467 g/mol. The molecule has 7 nitrogen and oxygen atoms in total. The van der Waals surface area contributed by atoms with Gasteiger partial charge in [0.2, 0.25) is 10.0 Å².